The molecule has 0 radical (unpaired) electrons. The van der Waals surface area contributed by atoms with E-state index in [1.165, 1.54) is 0 Å². The minimum Gasteiger partial charge on any atom is -0.509 e. The molecule has 12 bridgehead atoms. The summed E-state index contributed by atoms with van der Waals surface area (Å²) in [6.45, 7) is 15.9. The average molecular weight is 1140 g/mol. The van der Waals surface area contributed by atoms with Gasteiger partial charge in [0.1, 0.15) is 17.3 Å². The smallest absolute Gasteiger partial charge is 0.135 e. The number of aromatic nitrogens is 2. The van der Waals surface area contributed by atoms with Gasteiger partial charge in [0.15, 0.2) is 0 Å². The van der Waals surface area contributed by atoms with Crippen LogP contribution in [-0.2, 0) is 39.2 Å². The van der Waals surface area contributed by atoms with E-state index in [9.17, 15) is 8.22 Å². The van der Waals surface area contributed by atoms with Crippen LogP contribution in [0.25, 0.3) is 61.0 Å². The van der Waals surface area contributed by atoms with Crippen molar-refractivity contribution in [2.24, 2.45) is 11.8 Å². The molecule has 8 aromatic carbocycles. The molecule has 6 heterocycles. The number of pyridine rings is 1. The molecule has 0 N–H and O–H groups in total. The van der Waals surface area contributed by atoms with Crippen LogP contribution in [0.5, 0.6) is 23.0 Å². The van der Waals surface area contributed by atoms with Crippen molar-refractivity contribution < 1.29 is 41.5 Å². The van der Waals surface area contributed by atoms with Gasteiger partial charge in [-0.2, -0.15) is 6.07 Å². The Morgan fingerprint density at radius 3 is 2.07 bits per heavy atom. The predicted molar refractivity (Wildman–Crippen MR) is 296 cm³/mol. The number of para-hydroxylation sites is 3. The first-order valence-electron chi connectivity index (χ1n) is 28.5. The van der Waals surface area contributed by atoms with Crippen molar-refractivity contribution >= 4 is 44.6 Å². The largest absolute Gasteiger partial charge is 0.509 e. The number of hydrogen-bond donors (Lipinski definition) is 0. The summed E-state index contributed by atoms with van der Waals surface area (Å²) in [6, 6.07) is 52.5. The van der Waals surface area contributed by atoms with Crippen LogP contribution in [0.1, 0.15) is 76.1 Å². The minimum absolute atomic E-state index is 0. The molecule has 73 heavy (non-hydrogen) atoms. The van der Waals surface area contributed by atoms with Crippen molar-refractivity contribution in [1.82, 2.24) is 9.55 Å². The van der Waals surface area contributed by atoms with Crippen LogP contribution in [0.15, 0.2) is 176 Å². The number of anilines is 4. The third kappa shape index (κ3) is 9.12. The normalized spacial score (nSPS) is 14.9. The molecule has 366 valence electrons. The minimum atomic E-state index is -1.92. The fraction of sp³-hybridized carbons (Fsp3) is 0.182. The van der Waals surface area contributed by atoms with Crippen molar-refractivity contribution in [3.8, 4) is 62.2 Å². The second-order valence-corrected chi connectivity index (χ2v) is 20.1. The molecule has 4 aliphatic rings. The first kappa shape index (κ1) is 39.2. The Balaban J connectivity index is 0.00000690. The van der Waals surface area contributed by atoms with Gasteiger partial charge in [-0.1, -0.05) is 139 Å². The summed E-state index contributed by atoms with van der Waals surface area (Å²) in [7, 11) is 0. The standard InChI is InChI=1S/C66H57N4O2.Pt/c1-42(2)30-44-32-57(45-16-9-8-10-17-45)65-58(33-44)46-24-26-51(27-25-46)71-52-19-15-18-47(34-52)59-40-67-64(35-48(59)31-43(3)4)70-60-21-12-11-20-55(60)56-29-28-53(39-63(56)70)72-54-37-49(66(5,6)7)36-50(38-54)68-41-69(65)62-23-14-13-22-61(62)68;/h8-29,32-37,40-43H,30-31H2,1-7H3;/q-3;/i11D,12D,20D,21D,30D2,31D2;. The van der Waals surface area contributed by atoms with Crippen molar-refractivity contribution in [2.75, 3.05) is 9.80 Å². The third-order valence-electron chi connectivity index (χ3n) is 13.1. The topological polar surface area (TPSA) is 42.8 Å². The maximum Gasteiger partial charge on any atom is 0.135 e. The fourth-order valence-electron chi connectivity index (χ4n) is 9.82. The van der Waals surface area contributed by atoms with Gasteiger partial charge in [0.25, 0.3) is 0 Å². The summed E-state index contributed by atoms with van der Waals surface area (Å²) in [4.78, 5) is 9.27. The van der Waals surface area contributed by atoms with Gasteiger partial charge in [0.05, 0.1) is 5.48 Å². The second kappa shape index (κ2) is 19.2. The van der Waals surface area contributed by atoms with Gasteiger partial charge in [0.2, 0.25) is 0 Å². The number of fused-ring (bicyclic) bond motifs is 5. The molecule has 0 saturated carbocycles. The van der Waals surface area contributed by atoms with E-state index in [-0.39, 0.29) is 73.0 Å². The van der Waals surface area contributed by atoms with Gasteiger partial charge in [-0.25, -0.2) is 4.98 Å². The van der Waals surface area contributed by atoms with E-state index < -0.39 is 24.7 Å². The van der Waals surface area contributed by atoms with Crippen molar-refractivity contribution in [3.63, 3.8) is 0 Å². The van der Waals surface area contributed by atoms with E-state index in [1.807, 2.05) is 125 Å². The summed E-state index contributed by atoms with van der Waals surface area (Å²) in [6.07, 6.45) is -2.00. The van der Waals surface area contributed by atoms with Gasteiger partial charge in [0, 0.05) is 83.5 Å². The summed E-state index contributed by atoms with van der Waals surface area (Å²) in [5.41, 5.74) is 9.79. The summed E-state index contributed by atoms with van der Waals surface area (Å²) in [5, 5.41) is 0.746. The van der Waals surface area contributed by atoms with E-state index >= 15 is 0 Å². The zero-order valence-electron chi connectivity index (χ0n) is 49.6. The molecule has 0 spiro atoms. The molecule has 0 amide bonds. The van der Waals surface area contributed by atoms with Gasteiger partial charge >= 0.3 is 0 Å². The Morgan fingerprint density at radius 1 is 0.630 bits per heavy atom. The molecule has 0 fully saturated rings. The van der Waals surface area contributed by atoms with Crippen LogP contribution < -0.4 is 19.3 Å². The van der Waals surface area contributed by atoms with Crippen molar-refractivity contribution in [2.45, 2.75) is 66.6 Å². The zero-order valence-corrected chi connectivity index (χ0v) is 43.9. The van der Waals surface area contributed by atoms with Crippen LogP contribution >= 0.6 is 0 Å². The van der Waals surface area contributed by atoms with E-state index in [1.54, 1.807) is 29.0 Å². The van der Waals surface area contributed by atoms with Gasteiger partial charge in [-0.05, 0) is 124 Å². The molecule has 7 heteroatoms. The summed E-state index contributed by atoms with van der Waals surface area (Å²) < 4.78 is 89.5. The molecular formula is C66H57N4O2Pt-3. The quantitative estimate of drug-likeness (QED) is 0.161. The summed E-state index contributed by atoms with van der Waals surface area (Å²) >= 11 is 0. The Labute approximate surface area is 455 Å². The average Bonchev–Trinajstić information content (AvgIpc) is 4.22. The molecule has 0 aliphatic carbocycles. The van der Waals surface area contributed by atoms with E-state index in [0.29, 0.717) is 56.1 Å². The summed E-state index contributed by atoms with van der Waals surface area (Å²) in [5.74, 6) is 1.09. The van der Waals surface area contributed by atoms with Gasteiger partial charge < -0.3 is 23.8 Å². The second-order valence-electron chi connectivity index (χ2n) is 20.1. The third-order valence-corrected chi connectivity index (χ3v) is 13.1. The van der Waals surface area contributed by atoms with Crippen LogP contribution in [0.2, 0.25) is 0 Å². The predicted octanol–water partition coefficient (Wildman–Crippen LogP) is 17.8. The molecule has 0 unspecified atom stereocenters. The molecule has 4 aliphatic heterocycles. The Morgan fingerprint density at radius 2 is 1.33 bits per heavy atom. The van der Waals surface area contributed by atoms with Crippen LogP contribution in [-0.4, -0.2) is 9.55 Å². The molecule has 2 aromatic heterocycles. The van der Waals surface area contributed by atoms with Crippen LogP contribution in [0, 0.1) is 30.6 Å². The number of rotatable bonds is 5. The van der Waals surface area contributed by atoms with Crippen LogP contribution in [0.3, 0.4) is 0 Å². The SMILES string of the molecule is [2H]c1c([2H])c([2H])c2c(c1[2H])c1ccc3[c-]c1n2-c1cc(C([2H])([2H])C(C)C)c(cn1)-c1cccc(c1)Oc1ccc(cc1)-c1cc(C([2H])([2H])C(C)C)cc(-c2ccccc2)c1N1[CH-]N(c2[c-]c(cc(C(C)(C)C)c2)O3)c2ccccc21.[Pt]. The molecule has 14 rings (SSSR count). The maximum absolute atomic E-state index is 9.61. The van der Waals surface area contributed by atoms with E-state index in [0.717, 1.165) is 44.9 Å². The maximum atomic E-state index is 9.61. The molecule has 0 atom stereocenters. The number of benzene rings is 8. The molecular weight excluding hydrogens is 1080 g/mol. The van der Waals surface area contributed by atoms with Gasteiger partial charge in [-0.3, -0.25) is 0 Å². The first-order chi connectivity index (χ1) is 38.1. The van der Waals surface area contributed by atoms with E-state index in [2.05, 4.69) is 79.7 Å². The first-order valence-corrected chi connectivity index (χ1v) is 24.5. The zero-order chi connectivity index (χ0) is 56.3. The Hall–Kier alpha value is -7.40. The number of hydrogen-bond acceptors (Lipinski definition) is 5. The Kier molecular flexibility index (Phi) is 10.3. The number of ether oxygens (including phenoxy) is 2. The monoisotopic (exact) mass is 1140 g/mol. The fourth-order valence-corrected chi connectivity index (χ4v) is 9.82. The van der Waals surface area contributed by atoms with E-state index in [4.69, 9.17) is 17.2 Å². The van der Waals surface area contributed by atoms with Crippen LogP contribution in [0.4, 0.5) is 22.7 Å². The van der Waals surface area contributed by atoms with Gasteiger partial charge in [-0.15, -0.1) is 53.6 Å². The van der Waals surface area contributed by atoms with Crippen molar-refractivity contribution in [1.29, 1.82) is 0 Å². The molecule has 6 nitrogen and oxygen atoms in total. The Bertz CT molecular complexity index is 4120. The number of nitrogens with zero attached hydrogens (tertiary/aromatic N) is 4. The molecule has 10 aromatic rings. The molecule has 0 saturated heterocycles. The van der Waals surface area contributed by atoms with Crippen molar-refractivity contribution in [3.05, 3.63) is 211 Å².